The minimum absolute atomic E-state index is 0.357. The molecule has 1 aliphatic heterocycles. The number of nitrogens with zero attached hydrogens (tertiary/aromatic N) is 3. The minimum Gasteiger partial charge on any atom is -0.382 e. The number of amides is 1. The van der Waals surface area contributed by atoms with E-state index >= 15 is 0 Å². The first kappa shape index (κ1) is 23.2. The number of nitrogen functional groups attached to an aromatic ring is 1. The maximum absolute atomic E-state index is 12.2. The lowest BCUT2D eigenvalue weighted by atomic mass is 9.97. The van der Waals surface area contributed by atoms with Gasteiger partial charge >= 0.3 is 0 Å². The molecule has 5 N–H and O–H groups in total. The van der Waals surface area contributed by atoms with Crippen LogP contribution in [-0.4, -0.2) is 31.1 Å². The lowest BCUT2D eigenvalue weighted by Crippen LogP contribution is -2.46. The van der Waals surface area contributed by atoms with Crippen molar-refractivity contribution in [2.45, 2.75) is 56.9 Å². The van der Waals surface area contributed by atoms with Crippen LogP contribution in [-0.2, 0) is 11.3 Å². The molecule has 1 unspecified atom stereocenters. The number of fused-ring (bicyclic) bond motifs is 3. The van der Waals surface area contributed by atoms with Crippen LogP contribution in [0.4, 0.5) is 5.82 Å². The number of nitrogens with one attached hydrogen (secondary N) is 1. The molecule has 3 heterocycles. The first-order valence-electron chi connectivity index (χ1n) is 11.6. The molecular weight excluding hydrogens is 432 g/mol. The van der Waals surface area contributed by atoms with Crippen LogP contribution in [0.5, 0.6) is 0 Å². The molecule has 1 aromatic carbocycles. The highest BCUT2D eigenvalue weighted by Crippen LogP contribution is 2.38. The van der Waals surface area contributed by atoms with Crippen molar-refractivity contribution in [3.05, 3.63) is 54.5 Å². The van der Waals surface area contributed by atoms with E-state index in [0.717, 1.165) is 59.9 Å². The average molecular weight is 465 g/mol. The van der Waals surface area contributed by atoms with Crippen LogP contribution >= 0.6 is 11.8 Å². The third-order valence-corrected chi connectivity index (χ3v) is 7.66. The van der Waals surface area contributed by atoms with Gasteiger partial charge in [-0.2, -0.15) is 0 Å². The summed E-state index contributed by atoms with van der Waals surface area (Å²) in [4.78, 5) is 20.8. The average Bonchev–Trinajstić information content (AvgIpc) is 3.25. The first-order valence-corrected chi connectivity index (χ1v) is 12.6. The zero-order chi connectivity index (χ0) is 23.3. The maximum atomic E-state index is 12.2. The van der Waals surface area contributed by atoms with Gasteiger partial charge in [-0.25, -0.2) is 9.97 Å². The van der Waals surface area contributed by atoms with E-state index in [2.05, 4.69) is 32.8 Å². The number of anilines is 1. The predicted octanol–water partition coefficient (Wildman–Crippen LogP) is 4.49. The molecule has 2 aromatic heterocycles. The van der Waals surface area contributed by atoms with Gasteiger partial charge in [0.15, 0.2) is 5.82 Å². The van der Waals surface area contributed by atoms with E-state index in [1.807, 2.05) is 42.9 Å². The Kier molecular flexibility index (Phi) is 7.23. The van der Waals surface area contributed by atoms with E-state index in [1.54, 1.807) is 11.8 Å². The van der Waals surface area contributed by atoms with Gasteiger partial charge in [-0.15, -0.1) is 11.8 Å². The normalized spacial score (nSPS) is 17.9. The number of pyridine rings is 1. The Bertz CT molecular complexity index is 1200. The minimum atomic E-state index is -0.466. The van der Waals surface area contributed by atoms with Gasteiger partial charge in [-0.1, -0.05) is 38.0 Å². The van der Waals surface area contributed by atoms with Crippen molar-refractivity contribution in [2.24, 2.45) is 5.73 Å². The number of nitrogens with two attached hydrogens (primary N) is 2. The standard InChI is InChI=1S/C25H32N6OS/c1-2-3-8-16-33-25(19(24(27)32)11-9-14-29-25)13-6-7-15-31-17-28-21-22(31)18-10-4-5-12-20(18)30-23(21)26/h4-5,9-12,14,17,29H,2-3,6-8,13,15-16H2,1H3,(H2,26,30)(H2,27,32). The number of primary amides is 1. The summed E-state index contributed by atoms with van der Waals surface area (Å²) in [6.45, 7) is 3.01. The predicted molar refractivity (Wildman–Crippen MR) is 138 cm³/mol. The second kappa shape index (κ2) is 10.3. The van der Waals surface area contributed by atoms with Gasteiger partial charge < -0.3 is 21.4 Å². The van der Waals surface area contributed by atoms with Gasteiger partial charge in [0.2, 0.25) is 5.91 Å². The molecule has 1 amide bonds. The SMILES string of the molecule is CCCCCSC1(CCCCn2cnc3c(N)nc4ccccc4c32)NC=CC=C1C(N)=O. The summed E-state index contributed by atoms with van der Waals surface area (Å²) in [7, 11) is 0. The van der Waals surface area contributed by atoms with Crippen LogP contribution in [0.25, 0.3) is 21.9 Å². The molecule has 0 radical (unpaired) electrons. The highest BCUT2D eigenvalue weighted by molar-refractivity contribution is 8.00. The zero-order valence-corrected chi connectivity index (χ0v) is 19.9. The molecule has 4 rings (SSSR count). The molecule has 0 saturated heterocycles. The molecule has 3 aromatic rings. The number of unbranched alkanes of at least 4 members (excludes halogenated alkanes) is 3. The Hall–Kier alpha value is -3.00. The number of aromatic nitrogens is 3. The summed E-state index contributed by atoms with van der Waals surface area (Å²) in [5, 5.41) is 4.52. The number of thioether (sulfide) groups is 1. The summed E-state index contributed by atoms with van der Waals surface area (Å²) in [6.07, 6.45) is 13.7. The number of benzene rings is 1. The third-order valence-electron chi connectivity index (χ3n) is 6.13. The number of rotatable bonds is 11. The monoisotopic (exact) mass is 464 g/mol. The molecule has 174 valence electrons. The summed E-state index contributed by atoms with van der Waals surface area (Å²) in [5.74, 6) is 1.09. The van der Waals surface area contributed by atoms with Crippen LogP contribution in [0.2, 0.25) is 0 Å². The van der Waals surface area contributed by atoms with Gasteiger partial charge in [0.1, 0.15) is 10.4 Å². The second-order valence-electron chi connectivity index (χ2n) is 8.44. The second-order valence-corrected chi connectivity index (χ2v) is 9.83. The quantitative estimate of drug-likeness (QED) is 0.361. The number of hydrogen-bond donors (Lipinski definition) is 3. The van der Waals surface area contributed by atoms with Crippen molar-refractivity contribution in [1.82, 2.24) is 19.9 Å². The molecule has 0 spiro atoms. The molecule has 33 heavy (non-hydrogen) atoms. The maximum Gasteiger partial charge on any atom is 0.247 e. The van der Waals surface area contributed by atoms with Gasteiger partial charge in [0, 0.05) is 11.9 Å². The van der Waals surface area contributed by atoms with Crippen LogP contribution in [0, 0.1) is 0 Å². The van der Waals surface area contributed by atoms with Crippen LogP contribution in [0.3, 0.4) is 0 Å². The molecule has 7 nitrogen and oxygen atoms in total. The Labute approximate surface area is 198 Å². The van der Waals surface area contributed by atoms with Crippen molar-refractivity contribution in [3.63, 3.8) is 0 Å². The molecule has 0 bridgehead atoms. The zero-order valence-electron chi connectivity index (χ0n) is 19.1. The van der Waals surface area contributed by atoms with E-state index in [0.29, 0.717) is 11.4 Å². The van der Waals surface area contributed by atoms with Crippen molar-refractivity contribution in [1.29, 1.82) is 0 Å². The summed E-state index contributed by atoms with van der Waals surface area (Å²) in [6, 6.07) is 8.01. The van der Waals surface area contributed by atoms with Crippen LogP contribution in [0.15, 0.2) is 54.5 Å². The number of para-hydroxylation sites is 1. The largest absolute Gasteiger partial charge is 0.382 e. The van der Waals surface area contributed by atoms with Crippen molar-refractivity contribution < 1.29 is 4.79 Å². The molecule has 1 aliphatic rings. The fourth-order valence-corrected chi connectivity index (χ4v) is 5.91. The fourth-order valence-electron chi connectivity index (χ4n) is 4.45. The Morgan fingerprint density at radius 1 is 1.21 bits per heavy atom. The summed E-state index contributed by atoms with van der Waals surface area (Å²) < 4.78 is 2.16. The number of dihydropyridines is 1. The van der Waals surface area contributed by atoms with E-state index in [1.165, 1.54) is 12.8 Å². The molecule has 0 aliphatic carbocycles. The van der Waals surface area contributed by atoms with Crippen LogP contribution < -0.4 is 16.8 Å². The lowest BCUT2D eigenvalue weighted by molar-refractivity contribution is -0.115. The molecule has 0 fully saturated rings. The van der Waals surface area contributed by atoms with Gasteiger partial charge in [0.25, 0.3) is 0 Å². The van der Waals surface area contributed by atoms with Crippen molar-refractivity contribution >= 4 is 45.4 Å². The number of imidazole rings is 1. The summed E-state index contributed by atoms with van der Waals surface area (Å²) in [5.41, 5.74) is 15.2. The number of carbonyl (C=O) groups excluding carboxylic acids is 1. The van der Waals surface area contributed by atoms with Gasteiger partial charge in [-0.3, -0.25) is 4.79 Å². The van der Waals surface area contributed by atoms with E-state index in [4.69, 9.17) is 11.5 Å². The Morgan fingerprint density at radius 3 is 2.88 bits per heavy atom. The Morgan fingerprint density at radius 2 is 2.06 bits per heavy atom. The van der Waals surface area contributed by atoms with Gasteiger partial charge in [0.05, 0.1) is 22.9 Å². The topological polar surface area (TPSA) is 112 Å². The number of hydrogen-bond acceptors (Lipinski definition) is 6. The number of carbonyl (C=O) groups is 1. The number of allylic oxidation sites excluding steroid dienone is 2. The lowest BCUT2D eigenvalue weighted by Gasteiger charge is -2.37. The van der Waals surface area contributed by atoms with Crippen molar-refractivity contribution in [3.8, 4) is 0 Å². The fraction of sp³-hybridized carbons (Fsp3) is 0.400. The molecule has 0 saturated carbocycles. The highest BCUT2D eigenvalue weighted by Gasteiger charge is 2.37. The summed E-state index contributed by atoms with van der Waals surface area (Å²) >= 11 is 1.80. The molecule has 1 atom stereocenters. The van der Waals surface area contributed by atoms with E-state index in [-0.39, 0.29) is 5.91 Å². The first-order chi connectivity index (χ1) is 16.1. The third kappa shape index (κ3) is 4.85. The molecule has 8 heteroatoms. The van der Waals surface area contributed by atoms with E-state index < -0.39 is 4.87 Å². The van der Waals surface area contributed by atoms with Crippen molar-refractivity contribution in [2.75, 3.05) is 11.5 Å². The molecular formula is C25H32N6OS. The smallest absolute Gasteiger partial charge is 0.247 e. The van der Waals surface area contributed by atoms with Gasteiger partial charge in [-0.05, 0) is 55.9 Å². The number of aryl methyl sites for hydroxylation is 1. The Balaban J connectivity index is 1.48. The van der Waals surface area contributed by atoms with E-state index in [9.17, 15) is 4.79 Å². The van der Waals surface area contributed by atoms with Crippen LogP contribution in [0.1, 0.15) is 45.4 Å². The highest BCUT2D eigenvalue weighted by atomic mass is 32.2.